The van der Waals surface area contributed by atoms with Gasteiger partial charge in [-0.15, -0.1) is 0 Å². The van der Waals surface area contributed by atoms with E-state index in [1.165, 1.54) is 43.2 Å². The number of benzene rings is 2. The lowest BCUT2D eigenvalue weighted by Crippen LogP contribution is -2.75. The van der Waals surface area contributed by atoms with Gasteiger partial charge in [0.2, 0.25) is 17.9 Å². The maximum atomic E-state index is 15.3. The van der Waals surface area contributed by atoms with E-state index in [9.17, 15) is 48.3 Å². The number of carbonyl (C=O) groups is 10. The Labute approximate surface area is 545 Å². The third kappa shape index (κ3) is 15.8. The number of nitrogens with zero attached hydrogens (tertiary/aromatic N) is 3. The number of imide groups is 1. The van der Waals surface area contributed by atoms with Gasteiger partial charge in [-0.2, -0.15) is 0 Å². The normalized spacial score (nSPS) is 26.6. The maximum Gasteiger partial charge on any atom is 0.410 e. The van der Waals surface area contributed by atoms with Gasteiger partial charge in [0.05, 0.1) is 35.9 Å². The standard InChI is InChI=1S/C69H97N7O17/c1-40(2)56(73-52(78)24-18-15-19-32-76-53(79)29-30-54(76)80)48(77)35-46(23-20-31-71-63(70)84)61(82)72-47-27-25-44(26-28-47)38-90-64(85)74(10)33-34-75(11)65(86)93-57(41(3)45-21-16-14-17-22-45)62(83)92-49-37-69(87)43(5)59-67(8)39-91-50(67)36-51(88-12)68(59,9)60(81)58(89-13)55(42(49)4)66(69,6)7/h14,16-17,21-22,25-30,40-41,43,46,49-51,56-59,87H,15,18-20,23-24,31-39H2,1-13H3,(H,72,82)(H,73,78)(H3,70,71,84)/t41-,43-,46+,49-,50+,51-,56-,57+,58+,59+,67+,68+,69+/m0/s1. The van der Waals surface area contributed by atoms with Gasteiger partial charge in [-0.25, -0.2) is 19.2 Å². The Hall–Kier alpha value is -7.54. The van der Waals surface area contributed by atoms with E-state index in [4.69, 9.17) is 34.2 Å². The number of unbranched alkanes of at least 4 members (excludes halogenated alkanes) is 2. The molecule has 3 aliphatic carbocycles. The molecule has 2 aromatic carbocycles. The quantitative estimate of drug-likeness (QED) is 0.0177. The number of hydrogen-bond acceptors (Lipinski definition) is 17. The number of Topliss-reactive ketones (excluding diaryl/α,β-unsaturated/α-hetero) is 2. The van der Waals surface area contributed by atoms with Gasteiger partial charge in [-0.05, 0) is 91.7 Å². The van der Waals surface area contributed by atoms with Crippen LogP contribution in [0.25, 0.3) is 0 Å². The first-order valence-electron chi connectivity index (χ1n) is 32.3. The third-order valence-electron chi connectivity index (χ3n) is 20.6. The van der Waals surface area contributed by atoms with Crippen molar-refractivity contribution in [3.63, 3.8) is 0 Å². The number of amides is 8. The van der Waals surface area contributed by atoms with Gasteiger partial charge in [-0.1, -0.05) is 97.4 Å². The highest BCUT2D eigenvalue weighted by Crippen LogP contribution is 2.67. The molecule has 24 nitrogen and oxygen atoms in total. The molecule has 0 spiro atoms. The zero-order valence-electron chi connectivity index (χ0n) is 56.2. The Morgan fingerprint density at radius 2 is 1.49 bits per heavy atom. The summed E-state index contributed by atoms with van der Waals surface area (Å²) >= 11 is 0. The smallest absolute Gasteiger partial charge is 0.410 e. The summed E-state index contributed by atoms with van der Waals surface area (Å²) in [5.74, 6) is -5.79. The molecule has 0 unspecified atom stereocenters. The Kier molecular flexibility index (Phi) is 24.0. The van der Waals surface area contributed by atoms with E-state index in [0.717, 1.165) is 4.90 Å². The minimum Gasteiger partial charge on any atom is -0.455 e. The molecule has 3 fully saturated rings. The third-order valence-corrected chi connectivity index (χ3v) is 20.6. The number of likely N-dealkylation sites (N-methyl/N-ethyl adjacent to an activating group) is 2. The van der Waals surface area contributed by atoms with Gasteiger partial charge in [0.1, 0.15) is 18.8 Å². The van der Waals surface area contributed by atoms with Gasteiger partial charge in [0.15, 0.2) is 11.6 Å². The van der Waals surface area contributed by atoms with E-state index >= 15 is 4.79 Å². The molecule has 1 saturated heterocycles. The van der Waals surface area contributed by atoms with E-state index in [-0.39, 0.29) is 99.8 Å². The van der Waals surface area contributed by atoms with Crippen molar-refractivity contribution in [3.05, 3.63) is 89.0 Å². The van der Waals surface area contributed by atoms with Crippen molar-refractivity contribution in [1.82, 2.24) is 25.3 Å². The fraction of sp³-hybridized carbons (Fsp3) is 0.623. The van der Waals surface area contributed by atoms with E-state index in [0.29, 0.717) is 66.7 Å². The molecule has 0 aromatic heterocycles. The minimum atomic E-state index is -1.56. The molecule has 7 rings (SSSR count). The fourth-order valence-corrected chi connectivity index (χ4v) is 14.9. The van der Waals surface area contributed by atoms with Crippen LogP contribution < -0.4 is 21.7 Å². The van der Waals surface area contributed by atoms with Gasteiger partial charge < -0.3 is 65.0 Å². The largest absolute Gasteiger partial charge is 0.455 e. The van der Waals surface area contributed by atoms with Crippen molar-refractivity contribution in [2.45, 2.75) is 175 Å². The van der Waals surface area contributed by atoms with Crippen LogP contribution in [0.3, 0.4) is 0 Å². The molecular weight excluding hydrogens is 1200 g/mol. The second kappa shape index (κ2) is 30.7. The van der Waals surface area contributed by atoms with Crippen molar-refractivity contribution in [3.8, 4) is 0 Å². The van der Waals surface area contributed by atoms with E-state index in [1.807, 2.05) is 45.9 Å². The lowest BCUT2D eigenvalue weighted by atomic mass is 9.40. The summed E-state index contributed by atoms with van der Waals surface area (Å²) in [5.41, 5.74) is 3.79. The molecule has 13 atom stereocenters. The van der Waals surface area contributed by atoms with Crippen molar-refractivity contribution < 1.29 is 81.5 Å². The number of nitrogens with one attached hydrogen (secondary N) is 3. The number of nitrogens with two attached hydrogens (primary N) is 1. The molecule has 93 heavy (non-hydrogen) atoms. The summed E-state index contributed by atoms with van der Waals surface area (Å²) in [7, 11) is 6.03. The van der Waals surface area contributed by atoms with Crippen LogP contribution in [0.15, 0.2) is 77.9 Å². The van der Waals surface area contributed by atoms with Crippen LogP contribution in [0, 0.1) is 39.9 Å². The molecule has 2 saturated carbocycles. The zero-order chi connectivity index (χ0) is 68.5. The monoisotopic (exact) mass is 1300 g/mol. The number of carbonyl (C=O) groups excluding carboxylic acids is 10. The zero-order valence-corrected chi connectivity index (χ0v) is 56.2. The van der Waals surface area contributed by atoms with E-state index in [1.54, 1.807) is 71.2 Å². The number of aliphatic hydroxyl groups is 1. The minimum absolute atomic E-state index is 0.00369. The van der Waals surface area contributed by atoms with Crippen LogP contribution in [0.5, 0.6) is 0 Å². The fourth-order valence-electron chi connectivity index (χ4n) is 14.9. The second-order valence-electron chi connectivity index (χ2n) is 27.2. The number of primary amides is 1. The average Bonchev–Trinajstić information content (AvgIpc) is 1.04. The lowest BCUT2D eigenvalue weighted by molar-refractivity contribution is -0.305. The predicted molar refractivity (Wildman–Crippen MR) is 342 cm³/mol. The Bertz CT molecular complexity index is 3140. The molecule has 510 valence electrons. The number of anilines is 1. The van der Waals surface area contributed by atoms with Crippen molar-refractivity contribution in [2.75, 3.05) is 66.4 Å². The molecule has 24 heteroatoms. The number of hydrogen-bond donors (Lipinski definition) is 5. The molecule has 0 radical (unpaired) electrons. The average molecular weight is 1300 g/mol. The maximum absolute atomic E-state index is 15.3. The summed E-state index contributed by atoms with van der Waals surface area (Å²) in [4.78, 5) is 137. The Morgan fingerprint density at radius 3 is 2.09 bits per heavy atom. The predicted octanol–water partition coefficient (Wildman–Crippen LogP) is 7.15. The molecule has 2 aromatic rings. The highest BCUT2D eigenvalue weighted by atomic mass is 16.6. The second-order valence-corrected chi connectivity index (χ2v) is 27.2. The number of esters is 1. The summed E-state index contributed by atoms with van der Waals surface area (Å²) in [5, 5.41) is 21.6. The summed E-state index contributed by atoms with van der Waals surface area (Å²) in [6.45, 7) is 17.6. The van der Waals surface area contributed by atoms with Crippen molar-refractivity contribution in [1.29, 1.82) is 0 Å². The molecule has 2 aliphatic heterocycles. The van der Waals surface area contributed by atoms with Crippen LogP contribution in [0.1, 0.15) is 137 Å². The van der Waals surface area contributed by atoms with Crippen LogP contribution >= 0.6 is 0 Å². The number of rotatable bonds is 29. The Balaban J connectivity index is 0.943. The summed E-state index contributed by atoms with van der Waals surface area (Å²) in [6, 6.07) is 14.0. The number of urea groups is 1. The number of fused-ring (bicyclic) bond motifs is 5. The molecule has 6 N–H and O–H groups in total. The van der Waals surface area contributed by atoms with Gasteiger partial charge >= 0.3 is 24.2 Å². The number of ketones is 2. The number of methoxy groups -OCH3 is 2. The summed E-state index contributed by atoms with van der Waals surface area (Å²) < 4.78 is 36.5. The van der Waals surface area contributed by atoms with Crippen LogP contribution in [-0.4, -0.2) is 182 Å². The first-order valence-corrected chi connectivity index (χ1v) is 32.3. The Morgan fingerprint density at radius 1 is 0.849 bits per heavy atom. The van der Waals surface area contributed by atoms with Crippen molar-refractivity contribution in [2.24, 2.45) is 45.7 Å². The highest BCUT2D eigenvalue weighted by Gasteiger charge is 2.73. The highest BCUT2D eigenvalue weighted by molar-refractivity contribution is 6.12. The SMILES string of the molecule is CO[C@H]1C(=O)[C@]2(C)[C@@H](OC)C[C@H]3OC[C@@]3(C)[C@H]2[C@H](C)[C@]2(O)C[C@H](OC(=O)[C@H](OC(=O)N(C)CCN(C)C(=O)OCc3ccc(NC(=O)[C@H](CCCNC(N)=O)CC(=O)[C@@H](NC(=O)CCCCCN4C(=O)C=CC4=O)C(C)C)cc3)[C@@H](C)c3ccccc3)C(C)=C1C2(C)C. The van der Waals surface area contributed by atoms with Crippen LogP contribution in [0.2, 0.25) is 0 Å². The van der Waals surface area contributed by atoms with Gasteiger partial charge in [0.25, 0.3) is 11.8 Å². The number of ether oxygens (including phenoxy) is 6. The van der Waals surface area contributed by atoms with Gasteiger partial charge in [0, 0.05) is 121 Å². The molecule has 8 amide bonds. The summed E-state index contributed by atoms with van der Waals surface area (Å²) in [6.07, 6.45) is -1.05. The molecular formula is C69H97N7O17. The van der Waals surface area contributed by atoms with Crippen molar-refractivity contribution >= 4 is 65.1 Å². The van der Waals surface area contributed by atoms with Gasteiger partial charge in [-0.3, -0.25) is 33.7 Å². The molecule has 5 aliphatic rings. The molecule has 2 heterocycles. The van der Waals surface area contributed by atoms with Crippen LogP contribution in [0.4, 0.5) is 20.1 Å². The van der Waals surface area contributed by atoms with E-state index in [2.05, 4.69) is 22.9 Å². The first-order chi connectivity index (χ1) is 43.8. The molecule has 2 bridgehead atoms. The lowest BCUT2D eigenvalue weighted by Gasteiger charge is -2.69. The topological polar surface area (TPSA) is 318 Å². The first kappa shape index (κ1) is 72.9. The van der Waals surface area contributed by atoms with Crippen LogP contribution in [-0.2, 0) is 68.6 Å². The van der Waals surface area contributed by atoms with E-state index < -0.39 is 106 Å².